The highest BCUT2D eigenvalue weighted by atomic mass is 16.4. The Morgan fingerprint density at radius 3 is 2.84 bits per heavy atom. The maximum atomic E-state index is 10.9. The van der Waals surface area contributed by atoms with Crippen LogP contribution in [0.4, 0.5) is 0 Å². The van der Waals surface area contributed by atoms with Gasteiger partial charge in [0.15, 0.2) is 0 Å². The fourth-order valence-corrected chi connectivity index (χ4v) is 2.98. The SMILES string of the molecule is Cc1oc(C(=O)O)cc1CN(C)C1CCCC(C)C1. The fourth-order valence-electron chi connectivity index (χ4n) is 2.98. The highest BCUT2D eigenvalue weighted by Gasteiger charge is 2.23. The Balaban J connectivity index is 2.01. The summed E-state index contributed by atoms with van der Waals surface area (Å²) in [5.74, 6) is 0.551. The number of rotatable bonds is 4. The Labute approximate surface area is 114 Å². The quantitative estimate of drug-likeness (QED) is 0.907. The van der Waals surface area contributed by atoms with E-state index in [1.807, 2.05) is 6.92 Å². The normalized spacial score (nSPS) is 23.8. The van der Waals surface area contributed by atoms with E-state index in [1.54, 1.807) is 6.07 Å². The molecular formula is C15H23NO3. The fraction of sp³-hybridized carbons (Fsp3) is 0.667. The first-order chi connectivity index (χ1) is 8.97. The van der Waals surface area contributed by atoms with Crippen LogP contribution in [0.3, 0.4) is 0 Å². The second-order valence-corrected chi connectivity index (χ2v) is 5.84. The predicted octanol–water partition coefficient (Wildman–Crippen LogP) is 3.30. The first kappa shape index (κ1) is 14.1. The minimum absolute atomic E-state index is 0.0397. The van der Waals surface area contributed by atoms with Crippen molar-refractivity contribution in [1.82, 2.24) is 4.90 Å². The van der Waals surface area contributed by atoms with Crippen LogP contribution >= 0.6 is 0 Å². The summed E-state index contributed by atoms with van der Waals surface area (Å²) in [6, 6.07) is 2.26. The van der Waals surface area contributed by atoms with Crippen molar-refractivity contribution in [2.45, 2.75) is 52.1 Å². The molecule has 0 aromatic carbocycles. The van der Waals surface area contributed by atoms with Gasteiger partial charge in [0, 0.05) is 18.2 Å². The Morgan fingerprint density at radius 1 is 1.53 bits per heavy atom. The number of hydrogen-bond donors (Lipinski definition) is 1. The predicted molar refractivity (Wildman–Crippen MR) is 73.3 cm³/mol. The first-order valence-electron chi connectivity index (χ1n) is 7.00. The van der Waals surface area contributed by atoms with Gasteiger partial charge in [-0.05, 0) is 38.8 Å². The zero-order chi connectivity index (χ0) is 14.0. The molecule has 1 aromatic heterocycles. The van der Waals surface area contributed by atoms with E-state index in [0.29, 0.717) is 11.8 Å². The van der Waals surface area contributed by atoms with E-state index in [0.717, 1.165) is 18.0 Å². The van der Waals surface area contributed by atoms with Crippen LogP contribution in [0.25, 0.3) is 0 Å². The number of carboxylic acid groups (broad SMARTS) is 1. The van der Waals surface area contributed by atoms with Crippen molar-refractivity contribution in [2.24, 2.45) is 5.92 Å². The number of furan rings is 1. The van der Waals surface area contributed by atoms with Crippen LogP contribution < -0.4 is 0 Å². The molecule has 0 spiro atoms. The zero-order valence-corrected chi connectivity index (χ0v) is 12.0. The molecule has 1 aliphatic rings. The molecule has 1 aliphatic carbocycles. The van der Waals surface area contributed by atoms with Crippen molar-refractivity contribution in [3.63, 3.8) is 0 Å². The number of hydrogen-bond acceptors (Lipinski definition) is 3. The van der Waals surface area contributed by atoms with Crippen molar-refractivity contribution < 1.29 is 14.3 Å². The molecule has 1 N–H and O–H groups in total. The van der Waals surface area contributed by atoms with Crippen molar-refractivity contribution in [1.29, 1.82) is 0 Å². The van der Waals surface area contributed by atoms with Gasteiger partial charge in [-0.2, -0.15) is 0 Å². The van der Waals surface area contributed by atoms with Crippen LogP contribution in [-0.2, 0) is 6.54 Å². The van der Waals surface area contributed by atoms with E-state index in [4.69, 9.17) is 9.52 Å². The number of aromatic carboxylic acids is 1. The molecule has 106 valence electrons. The maximum absolute atomic E-state index is 10.9. The van der Waals surface area contributed by atoms with Gasteiger partial charge in [0.25, 0.3) is 0 Å². The van der Waals surface area contributed by atoms with Gasteiger partial charge in [0.05, 0.1) is 0 Å². The standard InChI is InChI=1S/C15H23NO3/c1-10-5-4-6-13(7-10)16(3)9-12-8-14(15(17)18)19-11(12)2/h8,10,13H,4-7,9H2,1-3H3,(H,17,18). The molecule has 1 aromatic rings. The lowest BCUT2D eigenvalue weighted by Gasteiger charge is -2.34. The van der Waals surface area contributed by atoms with Crippen LogP contribution in [0.1, 0.15) is 54.5 Å². The second kappa shape index (κ2) is 5.78. The Hall–Kier alpha value is -1.29. The third kappa shape index (κ3) is 3.38. The Bertz CT molecular complexity index is 452. The van der Waals surface area contributed by atoms with Gasteiger partial charge >= 0.3 is 5.97 Å². The molecular weight excluding hydrogens is 242 g/mol. The highest BCUT2D eigenvalue weighted by molar-refractivity contribution is 5.84. The molecule has 1 fully saturated rings. The molecule has 1 saturated carbocycles. The molecule has 0 radical (unpaired) electrons. The molecule has 2 atom stereocenters. The molecule has 0 amide bonds. The Morgan fingerprint density at radius 2 is 2.26 bits per heavy atom. The van der Waals surface area contributed by atoms with Crippen LogP contribution in [0.2, 0.25) is 0 Å². The summed E-state index contributed by atoms with van der Waals surface area (Å²) in [5, 5.41) is 8.93. The summed E-state index contributed by atoms with van der Waals surface area (Å²) in [4.78, 5) is 13.2. The highest BCUT2D eigenvalue weighted by Crippen LogP contribution is 2.28. The average Bonchev–Trinajstić information content (AvgIpc) is 2.71. The van der Waals surface area contributed by atoms with Crippen molar-refractivity contribution in [3.8, 4) is 0 Å². The largest absolute Gasteiger partial charge is 0.475 e. The third-order valence-electron chi connectivity index (χ3n) is 4.18. The van der Waals surface area contributed by atoms with Crippen LogP contribution in [0, 0.1) is 12.8 Å². The summed E-state index contributed by atoms with van der Waals surface area (Å²) in [6.45, 7) is 4.91. The summed E-state index contributed by atoms with van der Waals surface area (Å²) < 4.78 is 5.26. The van der Waals surface area contributed by atoms with Gasteiger partial charge in [-0.25, -0.2) is 4.79 Å². The molecule has 1 heterocycles. The van der Waals surface area contributed by atoms with Crippen molar-refractivity contribution >= 4 is 5.97 Å². The van der Waals surface area contributed by atoms with E-state index < -0.39 is 5.97 Å². The summed E-state index contributed by atoms with van der Waals surface area (Å²) in [7, 11) is 2.12. The van der Waals surface area contributed by atoms with Gasteiger partial charge in [0.2, 0.25) is 5.76 Å². The summed E-state index contributed by atoms with van der Waals surface area (Å²) in [5.41, 5.74) is 0.984. The first-order valence-corrected chi connectivity index (χ1v) is 7.00. The van der Waals surface area contributed by atoms with Gasteiger partial charge in [0.1, 0.15) is 5.76 Å². The van der Waals surface area contributed by atoms with E-state index in [2.05, 4.69) is 18.9 Å². The van der Waals surface area contributed by atoms with Crippen LogP contribution in [0.5, 0.6) is 0 Å². The van der Waals surface area contributed by atoms with Crippen LogP contribution in [0.15, 0.2) is 10.5 Å². The summed E-state index contributed by atoms with van der Waals surface area (Å²) in [6.07, 6.45) is 5.10. The zero-order valence-electron chi connectivity index (χ0n) is 12.0. The van der Waals surface area contributed by atoms with E-state index in [1.165, 1.54) is 25.7 Å². The van der Waals surface area contributed by atoms with Gasteiger partial charge in [-0.3, -0.25) is 4.90 Å². The van der Waals surface area contributed by atoms with E-state index in [9.17, 15) is 4.79 Å². The molecule has 19 heavy (non-hydrogen) atoms. The maximum Gasteiger partial charge on any atom is 0.371 e. The Kier molecular flexibility index (Phi) is 4.30. The van der Waals surface area contributed by atoms with Crippen molar-refractivity contribution in [2.75, 3.05) is 7.05 Å². The lowest BCUT2D eigenvalue weighted by molar-refractivity contribution is 0.0661. The molecule has 4 nitrogen and oxygen atoms in total. The molecule has 2 unspecified atom stereocenters. The van der Waals surface area contributed by atoms with Gasteiger partial charge in [-0.15, -0.1) is 0 Å². The molecule has 0 aliphatic heterocycles. The summed E-state index contributed by atoms with van der Waals surface area (Å²) >= 11 is 0. The molecule has 0 bridgehead atoms. The molecule has 2 rings (SSSR count). The number of nitrogens with zero attached hydrogens (tertiary/aromatic N) is 1. The lowest BCUT2D eigenvalue weighted by atomic mass is 9.86. The van der Waals surface area contributed by atoms with E-state index >= 15 is 0 Å². The minimum atomic E-state index is -0.997. The monoisotopic (exact) mass is 265 g/mol. The number of carbonyl (C=O) groups is 1. The minimum Gasteiger partial charge on any atom is -0.475 e. The lowest BCUT2D eigenvalue weighted by Crippen LogP contribution is -2.35. The van der Waals surface area contributed by atoms with Gasteiger partial charge < -0.3 is 9.52 Å². The average molecular weight is 265 g/mol. The number of aryl methyl sites for hydroxylation is 1. The van der Waals surface area contributed by atoms with E-state index in [-0.39, 0.29) is 5.76 Å². The second-order valence-electron chi connectivity index (χ2n) is 5.84. The van der Waals surface area contributed by atoms with Gasteiger partial charge in [-0.1, -0.05) is 19.8 Å². The van der Waals surface area contributed by atoms with Crippen LogP contribution in [-0.4, -0.2) is 29.1 Å². The topological polar surface area (TPSA) is 53.7 Å². The smallest absolute Gasteiger partial charge is 0.371 e. The third-order valence-corrected chi connectivity index (χ3v) is 4.18. The molecule has 4 heteroatoms. The number of carboxylic acids is 1. The van der Waals surface area contributed by atoms with Crippen molar-refractivity contribution in [3.05, 3.63) is 23.2 Å². The molecule has 0 saturated heterocycles.